The van der Waals surface area contributed by atoms with Gasteiger partial charge in [-0.3, -0.25) is 0 Å². The number of rotatable bonds is 6. The van der Waals surface area contributed by atoms with Crippen molar-refractivity contribution in [1.29, 1.82) is 0 Å². The van der Waals surface area contributed by atoms with E-state index < -0.39 is 0 Å². The first kappa shape index (κ1) is 25.2. The quantitative estimate of drug-likeness (QED) is 0.416. The Hall–Kier alpha value is 1.29. The van der Waals surface area contributed by atoms with Crippen LogP contribution in [0.1, 0.15) is 40.0 Å². The van der Waals surface area contributed by atoms with Crippen LogP contribution in [0, 0.1) is 0 Å². The molecule has 0 bridgehead atoms. The Kier molecular flexibility index (Phi) is 41.2. The largest absolute Gasteiger partial charge is 1.00 e. The molecule has 0 fully saturated rings. The van der Waals surface area contributed by atoms with E-state index in [9.17, 15) is 0 Å². The third-order valence-electron chi connectivity index (χ3n) is 1.48. The molecule has 0 amide bonds. The number of hydrogen-bond donors (Lipinski definition) is 1. The first-order valence-electron chi connectivity index (χ1n) is 4.98. The van der Waals surface area contributed by atoms with Gasteiger partial charge in [-0.15, -0.1) is 0 Å². The molecule has 2 N–H and O–H groups in total. The van der Waals surface area contributed by atoms with Crippen LogP contribution in [0.4, 0.5) is 0 Å². The smallest absolute Gasteiger partial charge is 0.870 e. The van der Waals surface area contributed by atoms with Gasteiger partial charge in [-0.2, -0.15) is 0 Å². The van der Waals surface area contributed by atoms with Gasteiger partial charge in [-0.05, 0) is 30.2 Å². The van der Waals surface area contributed by atoms with Crippen LogP contribution in [0.15, 0.2) is 0 Å². The molecule has 0 aliphatic rings. The zero-order chi connectivity index (χ0) is 10.5. The summed E-state index contributed by atoms with van der Waals surface area (Å²) in [6, 6.07) is 0. The summed E-state index contributed by atoms with van der Waals surface area (Å²) in [6.07, 6.45) is 4.13. The van der Waals surface area contributed by atoms with Crippen LogP contribution in [-0.2, 0) is 10.9 Å². The van der Waals surface area contributed by atoms with Crippen molar-refractivity contribution in [1.82, 2.24) is 0 Å². The second-order valence-corrected chi connectivity index (χ2v) is 5.28. The second kappa shape index (κ2) is 24.5. The molecule has 15 heavy (non-hydrogen) atoms. The molecule has 0 saturated heterocycles. The van der Waals surface area contributed by atoms with Crippen LogP contribution < -0.4 is 34.6 Å². The maximum atomic E-state index is 8.36. The molecule has 0 saturated carbocycles. The SMILES string of the molecule is CCC[S+](CCC)CCC.[Na+].[O-][B]O.[OH-]. The average molecular weight is 245 g/mol. The van der Waals surface area contributed by atoms with Crippen LogP contribution in [0.5, 0.6) is 0 Å². The van der Waals surface area contributed by atoms with Gasteiger partial charge in [-0.1, -0.05) is 20.8 Å². The van der Waals surface area contributed by atoms with Crippen molar-refractivity contribution < 1.29 is 45.1 Å². The number of hydrogen-bond acceptors (Lipinski definition) is 3. The normalized spacial score (nSPS) is 8.13. The van der Waals surface area contributed by atoms with Crippen LogP contribution >= 0.6 is 0 Å². The molecule has 0 unspecified atom stereocenters. The van der Waals surface area contributed by atoms with Crippen LogP contribution in [0.3, 0.4) is 0 Å². The summed E-state index contributed by atoms with van der Waals surface area (Å²) in [7, 11) is 0.525. The molecular weight excluding hydrogens is 222 g/mol. The molecule has 1 radical (unpaired) electrons. The van der Waals surface area contributed by atoms with Gasteiger partial charge in [-0.25, -0.2) is 0 Å². The van der Waals surface area contributed by atoms with Crippen molar-refractivity contribution in [3.63, 3.8) is 0 Å². The maximum Gasteiger partial charge on any atom is 1.00 e. The molecule has 0 heterocycles. The summed E-state index contributed by atoms with van der Waals surface area (Å²) in [5.41, 5.74) is 0. The molecule has 6 heteroatoms. The molecule has 3 nitrogen and oxygen atoms in total. The Morgan fingerprint density at radius 3 is 1.33 bits per heavy atom. The summed E-state index contributed by atoms with van der Waals surface area (Å²) >= 11 is 0. The van der Waals surface area contributed by atoms with E-state index >= 15 is 0 Å². The molecule has 87 valence electrons. The van der Waals surface area contributed by atoms with E-state index in [0.29, 0.717) is 0 Å². The summed E-state index contributed by atoms with van der Waals surface area (Å²) in [6.45, 7) is 6.89. The molecule has 0 aliphatic heterocycles. The predicted octanol–water partition coefficient (Wildman–Crippen LogP) is -2.46. The standard InChI is InChI=1S/C9H21S.BHO2.Na.H2O/c1-4-7-10(8-5-2)9-6-3;2-1-3;;/h4-9H2,1-3H3;2H;;1H2/q+1;-1;+1;/p-1. The monoisotopic (exact) mass is 245 g/mol. The van der Waals surface area contributed by atoms with Gasteiger partial charge >= 0.3 is 29.6 Å². The Labute approximate surface area is 120 Å². The fourth-order valence-electron chi connectivity index (χ4n) is 1.17. The zero-order valence-corrected chi connectivity index (χ0v) is 13.3. The van der Waals surface area contributed by atoms with Crippen molar-refractivity contribution in [3.8, 4) is 0 Å². The van der Waals surface area contributed by atoms with Crippen molar-refractivity contribution >= 4 is 18.6 Å². The van der Waals surface area contributed by atoms with Crippen molar-refractivity contribution in [3.05, 3.63) is 0 Å². The summed E-state index contributed by atoms with van der Waals surface area (Å²) in [5.74, 6) is 4.42. The minimum atomic E-state index is -0.250. The Morgan fingerprint density at radius 1 is 1.00 bits per heavy atom. The Bertz CT molecular complexity index is 77.5. The van der Waals surface area contributed by atoms with Crippen molar-refractivity contribution in [2.45, 2.75) is 40.0 Å². The molecule has 0 atom stereocenters. The predicted molar refractivity (Wildman–Crippen MR) is 62.7 cm³/mol. The maximum absolute atomic E-state index is 8.36. The van der Waals surface area contributed by atoms with E-state index in [4.69, 9.17) is 10.0 Å². The molecule has 0 aromatic heterocycles. The van der Waals surface area contributed by atoms with Gasteiger partial charge in [0.15, 0.2) is 7.69 Å². The van der Waals surface area contributed by atoms with Crippen LogP contribution in [0.25, 0.3) is 0 Å². The topological polar surface area (TPSA) is 73.3 Å². The summed E-state index contributed by atoms with van der Waals surface area (Å²) in [5, 5.41) is 15.2. The van der Waals surface area contributed by atoms with Gasteiger partial charge in [0.2, 0.25) is 0 Å². The molecule has 0 aliphatic carbocycles. The summed E-state index contributed by atoms with van der Waals surface area (Å²) < 4.78 is 0. The van der Waals surface area contributed by atoms with Crippen LogP contribution in [-0.4, -0.2) is 35.4 Å². The van der Waals surface area contributed by atoms with E-state index in [1.54, 1.807) is 0 Å². The van der Waals surface area contributed by atoms with Gasteiger partial charge in [0, 0.05) is 0 Å². The molecule has 0 rings (SSSR count). The summed E-state index contributed by atoms with van der Waals surface area (Å²) in [4.78, 5) is 0. The van der Waals surface area contributed by atoms with Gasteiger partial charge < -0.3 is 15.5 Å². The van der Waals surface area contributed by atoms with Gasteiger partial charge in [0.25, 0.3) is 0 Å². The first-order chi connectivity index (χ1) is 6.26. The van der Waals surface area contributed by atoms with Crippen molar-refractivity contribution in [2.24, 2.45) is 0 Å². The van der Waals surface area contributed by atoms with E-state index in [-0.39, 0.29) is 42.7 Å². The van der Waals surface area contributed by atoms with Gasteiger partial charge in [0.05, 0.1) is 0 Å². The zero-order valence-electron chi connectivity index (χ0n) is 10.5. The fourth-order valence-corrected chi connectivity index (χ4v) is 3.52. The Balaban J connectivity index is -0.000000108. The minimum Gasteiger partial charge on any atom is -0.870 e. The Morgan fingerprint density at radius 2 is 1.20 bits per heavy atom. The molecule has 0 spiro atoms. The van der Waals surface area contributed by atoms with Crippen molar-refractivity contribution in [2.75, 3.05) is 17.3 Å². The average Bonchev–Trinajstić information content (AvgIpc) is 2.07. The molecule has 0 aromatic carbocycles. The minimum absolute atomic E-state index is 0. The van der Waals surface area contributed by atoms with E-state index in [2.05, 4.69) is 20.8 Å². The van der Waals surface area contributed by atoms with E-state index in [1.165, 1.54) is 36.5 Å². The molecular formula is C9H23BNaO3S. The first-order valence-corrected chi connectivity index (χ1v) is 6.71. The fraction of sp³-hybridized carbons (Fsp3) is 1.00. The van der Waals surface area contributed by atoms with Gasteiger partial charge in [0.1, 0.15) is 17.3 Å². The van der Waals surface area contributed by atoms with E-state index in [1.807, 2.05) is 0 Å². The van der Waals surface area contributed by atoms with Crippen LogP contribution in [0.2, 0.25) is 0 Å². The third-order valence-corrected chi connectivity index (χ3v) is 4.44. The third kappa shape index (κ3) is 25.5. The van der Waals surface area contributed by atoms with E-state index in [0.717, 1.165) is 10.9 Å². The molecule has 0 aromatic rings. The second-order valence-electron chi connectivity index (χ2n) is 2.83.